The Bertz CT molecular complexity index is 2070. The van der Waals surface area contributed by atoms with Gasteiger partial charge in [0.05, 0.1) is 52.4 Å². The Morgan fingerprint density at radius 3 is 2.14 bits per heavy atom. The molecule has 56 heavy (non-hydrogen) atoms. The SMILES string of the molecule is CNc1nc2c(ncn2[C@H]2C[C@H](OP(OCCC#N)N(C(C)C)C(C)C)[C@@H](COC(c3ccccc3)(c3ccc(OC)cc3)c3ccc(OC)cc3)O2)c(=O)[nH]1. The molecule has 296 valence electrons. The third kappa shape index (κ3) is 8.59. The van der Waals surface area contributed by atoms with Crippen molar-refractivity contribution in [3.8, 4) is 17.6 Å². The van der Waals surface area contributed by atoms with Crippen molar-refractivity contribution in [3.05, 3.63) is 112 Å². The number of rotatable bonds is 18. The maximum absolute atomic E-state index is 12.9. The van der Waals surface area contributed by atoms with Crippen LogP contribution in [0.1, 0.15) is 63.5 Å². The number of fused-ring (bicyclic) bond motifs is 1. The molecular formula is C41H50N7O7P. The zero-order chi connectivity index (χ0) is 39.8. The molecule has 0 radical (unpaired) electrons. The maximum atomic E-state index is 12.9. The van der Waals surface area contributed by atoms with Gasteiger partial charge in [-0.1, -0.05) is 54.6 Å². The molecule has 4 atom stereocenters. The van der Waals surface area contributed by atoms with Crippen LogP contribution in [0.15, 0.2) is 90.0 Å². The van der Waals surface area contributed by atoms with Crippen LogP contribution in [-0.4, -0.2) is 83.0 Å². The van der Waals surface area contributed by atoms with E-state index in [2.05, 4.69) is 58.7 Å². The normalized spacial score (nSPS) is 17.8. The van der Waals surface area contributed by atoms with Crippen LogP contribution in [0.2, 0.25) is 0 Å². The van der Waals surface area contributed by atoms with E-state index in [-0.39, 0.29) is 42.8 Å². The van der Waals surface area contributed by atoms with Gasteiger partial charge in [0.2, 0.25) is 5.95 Å². The summed E-state index contributed by atoms with van der Waals surface area (Å²) in [6, 6.07) is 28.1. The van der Waals surface area contributed by atoms with E-state index in [9.17, 15) is 10.1 Å². The number of imidazole rings is 1. The molecule has 2 aromatic heterocycles. The van der Waals surface area contributed by atoms with Gasteiger partial charge in [-0.15, -0.1) is 0 Å². The molecule has 0 aliphatic carbocycles. The van der Waals surface area contributed by atoms with Crippen LogP contribution in [0.3, 0.4) is 0 Å². The topological polar surface area (TPSA) is 158 Å². The number of hydrogen-bond donors (Lipinski definition) is 2. The highest BCUT2D eigenvalue weighted by Crippen LogP contribution is 2.51. The number of nitrogens with one attached hydrogen (secondary N) is 2. The fourth-order valence-corrected chi connectivity index (χ4v) is 8.84. The summed E-state index contributed by atoms with van der Waals surface area (Å²) in [6.45, 7) is 8.69. The molecule has 5 aromatic rings. The summed E-state index contributed by atoms with van der Waals surface area (Å²) in [5.74, 6) is 1.74. The average Bonchev–Trinajstić information content (AvgIpc) is 3.83. The second kappa shape index (κ2) is 18.4. The van der Waals surface area contributed by atoms with E-state index in [1.165, 1.54) is 0 Å². The number of aromatic nitrogens is 4. The summed E-state index contributed by atoms with van der Waals surface area (Å²) < 4.78 is 42.6. The molecule has 1 aliphatic rings. The Morgan fingerprint density at radius 2 is 1.59 bits per heavy atom. The summed E-state index contributed by atoms with van der Waals surface area (Å²) in [6.07, 6.45) is 0.372. The van der Waals surface area contributed by atoms with E-state index in [0.717, 1.165) is 16.7 Å². The van der Waals surface area contributed by atoms with Crippen molar-refractivity contribution in [1.29, 1.82) is 5.26 Å². The van der Waals surface area contributed by atoms with Gasteiger partial charge in [0, 0.05) is 25.6 Å². The van der Waals surface area contributed by atoms with Gasteiger partial charge in [0.1, 0.15) is 29.4 Å². The Morgan fingerprint density at radius 1 is 0.982 bits per heavy atom. The molecule has 1 unspecified atom stereocenters. The number of aromatic amines is 1. The van der Waals surface area contributed by atoms with E-state index in [1.54, 1.807) is 32.2 Å². The average molecular weight is 784 g/mol. The molecule has 3 aromatic carbocycles. The third-order valence-corrected chi connectivity index (χ3v) is 11.8. The van der Waals surface area contributed by atoms with Crippen molar-refractivity contribution >= 4 is 25.6 Å². The number of benzene rings is 3. The number of methoxy groups -OCH3 is 2. The van der Waals surface area contributed by atoms with Crippen molar-refractivity contribution in [1.82, 2.24) is 24.2 Å². The van der Waals surface area contributed by atoms with Gasteiger partial charge in [0.15, 0.2) is 11.2 Å². The van der Waals surface area contributed by atoms with Gasteiger partial charge < -0.3 is 33.3 Å². The Labute approximate surface area is 328 Å². The van der Waals surface area contributed by atoms with E-state index in [1.807, 2.05) is 78.9 Å². The molecule has 1 fully saturated rings. The lowest BCUT2D eigenvalue weighted by Crippen LogP contribution is -2.39. The largest absolute Gasteiger partial charge is 0.497 e. The highest BCUT2D eigenvalue weighted by Gasteiger charge is 2.45. The van der Waals surface area contributed by atoms with Crippen LogP contribution in [-0.2, 0) is 24.1 Å². The van der Waals surface area contributed by atoms with Crippen molar-refractivity contribution in [2.75, 3.05) is 39.8 Å². The van der Waals surface area contributed by atoms with Crippen LogP contribution in [0, 0.1) is 11.3 Å². The van der Waals surface area contributed by atoms with Crippen LogP contribution in [0.25, 0.3) is 11.2 Å². The molecular weight excluding hydrogens is 733 g/mol. The van der Waals surface area contributed by atoms with Gasteiger partial charge in [-0.3, -0.25) is 14.3 Å². The van der Waals surface area contributed by atoms with E-state index in [4.69, 9.17) is 28.0 Å². The first-order valence-electron chi connectivity index (χ1n) is 18.7. The number of nitrogens with zero attached hydrogens (tertiary/aromatic N) is 5. The standard InChI is InChI=1S/C41H50N7O7P/c1-27(2)48(28(3)4)56(53-23-11-22-42)55-34-24-36(47-26-44-37-38(47)45-40(43-5)46-39(37)49)54-35(34)25-52-41(29-12-9-8-10-13-29,30-14-18-32(50-6)19-15-30)31-16-20-33(51-7)21-17-31/h8-10,12-21,26-28,34-36H,11,23-25H2,1-7H3,(H2,43,45,46,49)/t34-,35+,36+,56?/m0/s1. The summed E-state index contributed by atoms with van der Waals surface area (Å²) >= 11 is 0. The van der Waals surface area contributed by atoms with E-state index < -0.39 is 32.6 Å². The quantitative estimate of drug-likeness (QED) is 0.0527. The van der Waals surface area contributed by atoms with Gasteiger partial charge in [-0.05, 0) is 68.7 Å². The van der Waals surface area contributed by atoms with Gasteiger partial charge in [0.25, 0.3) is 14.1 Å². The molecule has 1 aliphatic heterocycles. The first-order valence-corrected chi connectivity index (χ1v) is 19.8. The lowest BCUT2D eigenvalue weighted by molar-refractivity contribution is -0.0912. The Hall–Kier alpha value is -4.87. The predicted octanol–water partition coefficient (Wildman–Crippen LogP) is 7.14. The summed E-state index contributed by atoms with van der Waals surface area (Å²) in [7, 11) is 3.32. The van der Waals surface area contributed by atoms with Gasteiger partial charge in [-0.25, -0.2) is 9.65 Å². The predicted molar refractivity (Wildman–Crippen MR) is 215 cm³/mol. The molecule has 2 N–H and O–H groups in total. The fraction of sp³-hybridized carbons (Fsp3) is 0.415. The van der Waals surface area contributed by atoms with Gasteiger partial charge >= 0.3 is 0 Å². The molecule has 15 heteroatoms. The number of nitriles is 1. The zero-order valence-electron chi connectivity index (χ0n) is 32.8. The van der Waals surface area contributed by atoms with Crippen LogP contribution in [0.5, 0.6) is 11.5 Å². The minimum absolute atomic E-state index is 0.0837. The summed E-state index contributed by atoms with van der Waals surface area (Å²) in [5, 5.41) is 12.3. The molecule has 0 spiro atoms. The Balaban J connectivity index is 1.44. The van der Waals surface area contributed by atoms with Crippen LogP contribution >= 0.6 is 8.53 Å². The van der Waals surface area contributed by atoms with Crippen LogP contribution in [0.4, 0.5) is 5.95 Å². The lowest BCUT2D eigenvalue weighted by Gasteiger charge is -2.39. The molecule has 6 rings (SSSR count). The monoisotopic (exact) mass is 783 g/mol. The molecule has 0 saturated carbocycles. The number of H-pyrrole nitrogens is 1. The van der Waals surface area contributed by atoms with E-state index in [0.29, 0.717) is 29.5 Å². The smallest absolute Gasteiger partial charge is 0.280 e. The Kier molecular flexibility index (Phi) is 13.4. The molecule has 3 heterocycles. The molecule has 0 bridgehead atoms. The second-order valence-electron chi connectivity index (χ2n) is 13.9. The van der Waals surface area contributed by atoms with Crippen LogP contribution < -0.4 is 20.3 Å². The lowest BCUT2D eigenvalue weighted by atomic mass is 9.80. The minimum atomic E-state index is -1.64. The first-order chi connectivity index (χ1) is 27.1. The van der Waals surface area contributed by atoms with Crippen molar-refractivity contribution in [2.24, 2.45) is 0 Å². The third-order valence-electron chi connectivity index (χ3n) is 9.69. The number of ether oxygens (including phenoxy) is 4. The highest BCUT2D eigenvalue weighted by molar-refractivity contribution is 7.44. The van der Waals surface area contributed by atoms with Crippen molar-refractivity contribution in [3.63, 3.8) is 0 Å². The number of anilines is 1. The first kappa shape index (κ1) is 40.8. The summed E-state index contributed by atoms with van der Waals surface area (Å²) in [4.78, 5) is 24.7. The number of hydrogen-bond acceptors (Lipinski definition) is 12. The highest BCUT2D eigenvalue weighted by atomic mass is 31.2. The van der Waals surface area contributed by atoms with E-state index >= 15 is 0 Å². The molecule has 14 nitrogen and oxygen atoms in total. The summed E-state index contributed by atoms with van der Waals surface area (Å²) in [5.41, 5.74) is 1.74. The zero-order valence-corrected chi connectivity index (χ0v) is 33.7. The molecule has 1 saturated heterocycles. The fourth-order valence-electron chi connectivity index (χ4n) is 7.08. The van der Waals surface area contributed by atoms with Gasteiger partial charge in [-0.2, -0.15) is 10.2 Å². The second-order valence-corrected chi connectivity index (χ2v) is 15.3. The molecule has 0 amide bonds. The minimum Gasteiger partial charge on any atom is -0.497 e. The van der Waals surface area contributed by atoms with Crippen molar-refractivity contribution < 1.29 is 28.0 Å². The van der Waals surface area contributed by atoms with Crippen molar-refractivity contribution in [2.45, 2.75) is 76.7 Å². The maximum Gasteiger partial charge on any atom is 0.280 e.